The molecule has 0 saturated carbocycles. The molecule has 3 heterocycles. The number of benzene rings is 2. The van der Waals surface area contributed by atoms with Gasteiger partial charge < -0.3 is 4.42 Å². The lowest BCUT2D eigenvalue weighted by Gasteiger charge is -2.39. The molecule has 3 aromatic heterocycles. The van der Waals surface area contributed by atoms with Gasteiger partial charge in [0.25, 0.3) is 6.33 Å². The van der Waals surface area contributed by atoms with Crippen LogP contribution in [0.1, 0.15) is 57.4 Å². The van der Waals surface area contributed by atoms with E-state index in [9.17, 15) is 0 Å². The van der Waals surface area contributed by atoms with E-state index in [4.69, 9.17) is 14.4 Å². The highest BCUT2D eigenvalue weighted by Gasteiger charge is 2.45. The highest BCUT2D eigenvalue weighted by atomic mass is 16.3. The summed E-state index contributed by atoms with van der Waals surface area (Å²) in [5.74, 6) is 0. The third kappa shape index (κ3) is 2.86. The average Bonchev–Trinajstić information content (AvgIpc) is 3.13. The van der Waals surface area contributed by atoms with Gasteiger partial charge in [-0.05, 0) is 42.9 Å². The largest absolute Gasteiger partial charge is 0.437 e. The van der Waals surface area contributed by atoms with Gasteiger partial charge in [-0.2, -0.15) is 0 Å². The Balaban J connectivity index is 1.76. The van der Waals surface area contributed by atoms with Crippen LogP contribution in [0.25, 0.3) is 44.2 Å². The summed E-state index contributed by atoms with van der Waals surface area (Å²) in [5.41, 5.74) is 8.76. The van der Waals surface area contributed by atoms with Gasteiger partial charge >= 0.3 is 0 Å². The van der Waals surface area contributed by atoms with E-state index in [-0.39, 0.29) is 10.8 Å². The minimum Gasteiger partial charge on any atom is -0.437 e. The summed E-state index contributed by atoms with van der Waals surface area (Å²) in [7, 11) is 2.10. The standard InChI is InChI=1S/C29H30N3O/c1-17-11-12-19-20-15-18-9-7-8-10-21(18)31-27(20)33-25(19)22(17)24-23-26(30-16-32(24)6)29(4,5)14-13-28(23,2)3/h7-12,15-16H,13-14H2,1-6H3/q+1. The van der Waals surface area contributed by atoms with Gasteiger partial charge in [-0.15, -0.1) is 0 Å². The first-order valence-electron chi connectivity index (χ1n) is 11.8. The number of rotatable bonds is 1. The monoisotopic (exact) mass is 436 g/mol. The molecule has 1 aliphatic carbocycles. The lowest BCUT2D eigenvalue weighted by molar-refractivity contribution is -0.664. The number of pyridine rings is 1. The second-order valence-electron chi connectivity index (χ2n) is 11.0. The number of furan rings is 1. The van der Waals surface area contributed by atoms with Crippen LogP contribution < -0.4 is 4.57 Å². The summed E-state index contributed by atoms with van der Waals surface area (Å²) < 4.78 is 8.73. The van der Waals surface area contributed by atoms with Gasteiger partial charge in [0, 0.05) is 21.6 Å². The van der Waals surface area contributed by atoms with Crippen molar-refractivity contribution in [3.63, 3.8) is 0 Å². The highest BCUT2D eigenvalue weighted by molar-refractivity contribution is 6.11. The summed E-state index contributed by atoms with van der Waals surface area (Å²) in [6.45, 7) is 11.5. The second kappa shape index (κ2) is 6.63. The van der Waals surface area contributed by atoms with Crippen LogP contribution in [0.2, 0.25) is 0 Å². The fourth-order valence-corrected chi connectivity index (χ4v) is 5.64. The van der Waals surface area contributed by atoms with Crippen molar-refractivity contribution in [2.75, 3.05) is 0 Å². The van der Waals surface area contributed by atoms with Gasteiger partial charge in [0.2, 0.25) is 5.71 Å². The molecule has 0 unspecified atom stereocenters. The van der Waals surface area contributed by atoms with E-state index in [1.807, 2.05) is 18.5 Å². The molecule has 4 heteroatoms. The molecular weight excluding hydrogens is 406 g/mol. The Morgan fingerprint density at radius 1 is 0.939 bits per heavy atom. The Hall–Kier alpha value is -3.27. The Kier molecular flexibility index (Phi) is 4.09. The average molecular weight is 437 g/mol. The summed E-state index contributed by atoms with van der Waals surface area (Å²) in [4.78, 5) is 9.82. The van der Waals surface area contributed by atoms with Crippen LogP contribution in [0, 0.1) is 6.92 Å². The number of aromatic nitrogens is 3. The van der Waals surface area contributed by atoms with E-state index in [0.29, 0.717) is 5.71 Å². The summed E-state index contributed by atoms with van der Waals surface area (Å²) in [5, 5.41) is 3.31. The molecule has 0 fully saturated rings. The fourth-order valence-electron chi connectivity index (χ4n) is 5.64. The molecule has 166 valence electrons. The van der Waals surface area contributed by atoms with Gasteiger partial charge in [0.05, 0.1) is 23.7 Å². The van der Waals surface area contributed by atoms with Crippen molar-refractivity contribution in [2.45, 2.75) is 58.3 Å². The molecule has 0 N–H and O–H groups in total. The minimum absolute atomic E-state index is 0.0275. The smallest absolute Gasteiger partial charge is 0.286 e. The number of fused-ring (bicyclic) bond motifs is 5. The minimum atomic E-state index is 0.0275. The normalized spacial score (nSPS) is 17.0. The third-order valence-corrected chi connectivity index (χ3v) is 7.66. The molecule has 6 rings (SSSR count). The van der Waals surface area contributed by atoms with Crippen molar-refractivity contribution >= 4 is 33.0 Å². The van der Waals surface area contributed by atoms with Gasteiger partial charge in [0.1, 0.15) is 11.3 Å². The van der Waals surface area contributed by atoms with E-state index < -0.39 is 0 Å². The molecule has 0 saturated heterocycles. The lowest BCUT2D eigenvalue weighted by Crippen LogP contribution is -2.43. The molecular formula is C29H30N3O+. The number of nitrogens with zero attached hydrogens (tertiary/aromatic N) is 3. The number of aryl methyl sites for hydroxylation is 2. The summed E-state index contributed by atoms with van der Waals surface area (Å²) in [6, 6.07) is 14.8. The Morgan fingerprint density at radius 3 is 2.52 bits per heavy atom. The lowest BCUT2D eigenvalue weighted by atomic mass is 9.64. The molecule has 0 spiro atoms. The molecule has 2 aromatic carbocycles. The zero-order valence-corrected chi connectivity index (χ0v) is 20.3. The van der Waals surface area contributed by atoms with Crippen LogP contribution >= 0.6 is 0 Å². The van der Waals surface area contributed by atoms with E-state index in [1.54, 1.807) is 0 Å². The SMILES string of the molecule is Cc1ccc2c(oc3nc4ccccc4cc32)c1-c1c2c(nc[n+]1C)C(C)(C)CCC2(C)C. The maximum absolute atomic E-state index is 6.55. The summed E-state index contributed by atoms with van der Waals surface area (Å²) >= 11 is 0. The maximum Gasteiger partial charge on any atom is 0.286 e. The van der Waals surface area contributed by atoms with Crippen molar-refractivity contribution in [1.82, 2.24) is 9.97 Å². The zero-order valence-electron chi connectivity index (χ0n) is 20.3. The molecule has 0 radical (unpaired) electrons. The van der Waals surface area contributed by atoms with Crippen molar-refractivity contribution in [3.8, 4) is 11.3 Å². The first-order valence-corrected chi connectivity index (χ1v) is 11.8. The van der Waals surface area contributed by atoms with E-state index in [2.05, 4.69) is 76.6 Å². The predicted molar refractivity (Wildman–Crippen MR) is 133 cm³/mol. The van der Waals surface area contributed by atoms with Crippen LogP contribution in [-0.4, -0.2) is 9.97 Å². The van der Waals surface area contributed by atoms with Gasteiger partial charge in [0.15, 0.2) is 5.69 Å². The van der Waals surface area contributed by atoms with Gasteiger partial charge in [-0.25, -0.2) is 9.55 Å². The van der Waals surface area contributed by atoms with Crippen LogP contribution in [0.15, 0.2) is 53.2 Å². The first-order chi connectivity index (χ1) is 15.7. The number of para-hydroxylation sites is 1. The van der Waals surface area contributed by atoms with Gasteiger partial charge in [-0.1, -0.05) is 63.0 Å². The molecule has 4 nitrogen and oxygen atoms in total. The predicted octanol–water partition coefficient (Wildman–Crippen LogP) is 6.68. The topological polar surface area (TPSA) is 42.8 Å². The molecule has 33 heavy (non-hydrogen) atoms. The first kappa shape index (κ1) is 20.3. The third-order valence-electron chi connectivity index (χ3n) is 7.66. The zero-order chi connectivity index (χ0) is 23.1. The molecule has 0 amide bonds. The van der Waals surface area contributed by atoms with E-state index in [1.165, 1.54) is 22.5 Å². The molecule has 0 aliphatic heterocycles. The van der Waals surface area contributed by atoms with Crippen molar-refractivity contribution in [2.24, 2.45) is 7.05 Å². The molecule has 0 atom stereocenters. The highest BCUT2D eigenvalue weighted by Crippen LogP contribution is 2.49. The molecule has 0 bridgehead atoms. The van der Waals surface area contributed by atoms with Crippen LogP contribution in [0.4, 0.5) is 0 Å². The molecule has 1 aliphatic rings. The van der Waals surface area contributed by atoms with Crippen molar-refractivity contribution < 1.29 is 8.98 Å². The van der Waals surface area contributed by atoms with Crippen molar-refractivity contribution in [1.29, 1.82) is 0 Å². The quantitative estimate of drug-likeness (QED) is 0.275. The number of hydrogen-bond donors (Lipinski definition) is 0. The van der Waals surface area contributed by atoms with Crippen LogP contribution in [0.3, 0.4) is 0 Å². The Morgan fingerprint density at radius 2 is 1.70 bits per heavy atom. The van der Waals surface area contributed by atoms with E-state index in [0.717, 1.165) is 45.7 Å². The van der Waals surface area contributed by atoms with Gasteiger partial charge in [-0.3, -0.25) is 0 Å². The maximum atomic E-state index is 6.55. The second-order valence-corrected chi connectivity index (χ2v) is 11.0. The Bertz CT molecular complexity index is 1590. The number of hydrogen-bond acceptors (Lipinski definition) is 3. The van der Waals surface area contributed by atoms with E-state index >= 15 is 0 Å². The fraction of sp³-hybridized carbons (Fsp3) is 0.345. The Labute approximate surface area is 194 Å². The van der Waals surface area contributed by atoms with Crippen molar-refractivity contribution in [3.05, 3.63) is 65.6 Å². The van der Waals surface area contributed by atoms with Crippen LogP contribution in [0.5, 0.6) is 0 Å². The molecule has 5 aromatic rings. The summed E-state index contributed by atoms with van der Waals surface area (Å²) in [6.07, 6.45) is 4.25. The van der Waals surface area contributed by atoms with Crippen LogP contribution in [-0.2, 0) is 17.9 Å².